The number of ether oxygens (including phenoxy) is 1. The van der Waals surface area contributed by atoms with Gasteiger partial charge in [0.25, 0.3) is 0 Å². The summed E-state index contributed by atoms with van der Waals surface area (Å²) >= 11 is 0. The number of rotatable bonds is 3. The van der Waals surface area contributed by atoms with Crippen LogP contribution < -0.4 is 0 Å². The molecule has 0 N–H and O–H groups in total. The van der Waals surface area contributed by atoms with Crippen LogP contribution in [-0.2, 0) is 10.3 Å². The van der Waals surface area contributed by atoms with Gasteiger partial charge in [0, 0.05) is 13.3 Å². The number of methoxy groups -OCH3 is 1. The number of aromatic nitrogens is 1. The van der Waals surface area contributed by atoms with E-state index in [0.717, 1.165) is 5.69 Å². The van der Waals surface area contributed by atoms with E-state index in [1.807, 2.05) is 18.3 Å². The van der Waals surface area contributed by atoms with Crippen molar-refractivity contribution >= 4 is 0 Å². The third-order valence-electron chi connectivity index (χ3n) is 3.48. The van der Waals surface area contributed by atoms with Crippen LogP contribution >= 0.6 is 0 Å². The first kappa shape index (κ1) is 9.66. The van der Waals surface area contributed by atoms with E-state index in [2.05, 4.69) is 18.0 Å². The zero-order chi connectivity index (χ0) is 10.0. The molecule has 2 rings (SSSR count). The highest BCUT2D eigenvalue weighted by atomic mass is 16.5. The van der Waals surface area contributed by atoms with Crippen molar-refractivity contribution in [3.63, 3.8) is 0 Å². The molecule has 0 aromatic carbocycles. The van der Waals surface area contributed by atoms with Crippen LogP contribution in [-0.4, -0.2) is 12.1 Å². The molecule has 1 fully saturated rings. The Hall–Kier alpha value is -0.890. The molecule has 76 valence electrons. The average molecular weight is 191 g/mol. The fraction of sp³-hybridized carbons (Fsp3) is 0.583. The normalized spacial score (nSPS) is 21.3. The van der Waals surface area contributed by atoms with Gasteiger partial charge in [-0.1, -0.05) is 12.5 Å². The summed E-state index contributed by atoms with van der Waals surface area (Å²) in [6.07, 6.45) is 5.70. The second-order valence-corrected chi connectivity index (χ2v) is 4.15. The molecule has 1 atom stereocenters. The Bertz CT molecular complexity index is 294. The Labute approximate surface area is 85.3 Å². The van der Waals surface area contributed by atoms with Crippen LogP contribution in [0.3, 0.4) is 0 Å². The van der Waals surface area contributed by atoms with Gasteiger partial charge in [0.1, 0.15) is 5.60 Å². The molecule has 1 heterocycles. The van der Waals surface area contributed by atoms with Crippen molar-refractivity contribution in [1.82, 2.24) is 4.98 Å². The first-order valence-corrected chi connectivity index (χ1v) is 5.24. The average Bonchev–Trinajstić information content (AvgIpc) is 2.16. The number of hydrogen-bond donors (Lipinski definition) is 0. The zero-order valence-corrected chi connectivity index (χ0v) is 8.86. The van der Waals surface area contributed by atoms with Gasteiger partial charge in [0.05, 0.1) is 5.69 Å². The largest absolute Gasteiger partial charge is 0.372 e. The quantitative estimate of drug-likeness (QED) is 0.733. The minimum Gasteiger partial charge on any atom is -0.372 e. The third kappa shape index (κ3) is 1.44. The number of pyridine rings is 1. The van der Waals surface area contributed by atoms with Crippen LogP contribution in [0.15, 0.2) is 24.4 Å². The van der Waals surface area contributed by atoms with Crippen molar-refractivity contribution in [2.75, 3.05) is 7.11 Å². The number of hydrogen-bond acceptors (Lipinski definition) is 2. The van der Waals surface area contributed by atoms with Crippen LogP contribution in [0.2, 0.25) is 0 Å². The highest BCUT2D eigenvalue weighted by Gasteiger charge is 2.40. The van der Waals surface area contributed by atoms with E-state index in [4.69, 9.17) is 4.74 Å². The van der Waals surface area contributed by atoms with Gasteiger partial charge in [-0.25, -0.2) is 0 Å². The first-order chi connectivity index (χ1) is 6.77. The van der Waals surface area contributed by atoms with Crippen LogP contribution in [0.1, 0.15) is 31.9 Å². The van der Waals surface area contributed by atoms with E-state index in [0.29, 0.717) is 5.92 Å². The summed E-state index contributed by atoms with van der Waals surface area (Å²) in [4.78, 5) is 4.40. The summed E-state index contributed by atoms with van der Waals surface area (Å²) in [5.41, 5.74) is 0.881. The van der Waals surface area contributed by atoms with Crippen molar-refractivity contribution in [3.05, 3.63) is 30.1 Å². The molecule has 2 heteroatoms. The molecule has 0 amide bonds. The molecule has 0 spiro atoms. The van der Waals surface area contributed by atoms with Crippen molar-refractivity contribution < 1.29 is 4.74 Å². The molecule has 0 saturated heterocycles. The SMILES string of the molecule is COC(C)(c1ccccn1)C1CCC1. The van der Waals surface area contributed by atoms with Crippen molar-refractivity contribution in [3.8, 4) is 0 Å². The maximum Gasteiger partial charge on any atom is 0.110 e. The van der Waals surface area contributed by atoms with Crippen LogP contribution in [0.4, 0.5) is 0 Å². The lowest BCUT2D eigenvalue weighted by molar-refractivity contribution is -0.0789. The molecule has 0 bridgehead atoms. The van der Waals surface area contributed by atoms with E-state index in [9.17, 15) is 0 Å². The molecule has 14 heavy (non-hydrogen) atoms. The predicted molar refractivity (Wildman–Crippen MR) is 55.9 cm³/mol. The van der Waals surface area contributed by atoms with Gasteiger partial charge < -0.3 is 4.74 Å². The van der Waals surface area contributed by atoms with E-state index < -0.39 is 0 Å². The molecule has 2 nitrogen and oxygen atoms in total. The molecule has 1 aliphatic carbocycles. The maximum absolute atomic E-state index is 5.67. The van der Waals surface area contributed by atoms with Crippen molar-refractivity contribution in [2.24, 2.45) is 5.92 Å². The van der Waals surface area contributed by atoms with Gasteiger partial charge in [0.2, 0.25) is 0 Å². The van der Waals surface area contributed by atoms with E-state index in [-0.39, 0.29) is 5.60 Å². The first-order valence-electron chi connectivity index (χ1n) is 5.24. The van der Waals surface area contributed by atoms with Crippen molar-refractivity contribution in [1.29, 1.82) is 0 Å². The Kier molecular flexibility index (Phi) is 2.55. The molecule has 0 radical (unpaired) electrons. The highest BCUT2D eigenvalue weighted by Crippen LogP contribution is 2.43. The van der Waals surface area contributed by atoms with E-state index in [1.165, 1.54) is 19.3 Å². The Balaban J connectivity index is 2.27. The maximum atomic E-state index is 5.67. The second-order valence-electron chi connectivity index (χ2n) is 4.15. The second kappa shape index (κ2) is 3.70. The fourth-order valence-corrected chi connectivity index (χ4v) is 2.10. The molecule has 1 aliphatic rings. The summed E-state index contributed by atoms with van der Waals surface area (Å²) in [5, 5.41) is 0. The summed E-state index contributed by atoms with van der Waals surface area (Å²) in [6.45, 7) is 2.15. The molecule has 1 aromatic heterocycles. The van der Waals surface area contributed by atoms with Crippen LogP contribution in [0.5, 0.6) is 0 Å². The lowest BCUT2D eigenvalue weighted by atomic mass is 9.72. The monoisotopic (exact) mass is 191 g/mol. The fourth-order valence-electron chi connectivity index (χ4n) is 2.10. The van der Waals surface area contributed by atoms with E-state index >= 15 is 0 Å². The van der Waals surface area contributed by atoms with Crippen LogP contribution in [0, 0.1) is 5.92 Å². The van der Waals surface area contributed by atoms with E-state index in [1.54, 1.807) is 7.11 Å². The summed E-state index contributed by atoms with van der Waals surface area (Å²) in [6, 6.07) is 6.03. The molecular weight excluding hydrogens is 174 g/mol. The smallest absolute Gasteiger partial charge is 0.110 e. The van der Waals surface area contributed by atoms with Gasteiger partial charge in [-0.15, -0.1) is 0 Å². The van der Waals surface area contributed by atoms with Gasteiger partial charge in [-0.3, -0.25) is 4.98 Å². The van der Waals surface area contributed by atoms with Crippen molar-refractivity contribution in [2.45, 2.75) is 31.8 Å². The summed E-state index contributed by atoms with van der Waals surface area (Å²) in [7, 11) is 1.78. The highest BCUT2D eigenvalue weighted by molar-refractivity contribution is 5.14. The Morgan fingerprint density at radius 1 is 1.43 bits per heavy atom. The molecule has 1 unspecified atom stereocenters. The standard InChI is InChI=1S/C12H17NO/c1-12(14-2,10-6-5-7-10)11-8-3-4-9-13-11/h3-4,8-10H,5-7H2,1-2H3. The lowest BCUT2D eigenvalue weighted by Gasteiger charge is -2.41. The molecule has 1 aromatic rings. The van der Waals surface area contributed by atoms with Gasteiger partial charge in [-0.2, -0.15) is 0 Å². The number of nitrogens with zero attached hydrogens (tertiary/aromatic N) is 1. The topological polar surface area (TPSA) is 22.1 Å². The summed E-state index contributed by atoms with van der Waals surface area (Å²) < 4.78 is 5.67. The minimum atomic E-state index is -0.181. The minimum absolute atomic E-state index is 0.181. The third-order valence-corrected chi connectivity index (χ3v) is 3.48. The predicted octanol–water partition coefficient (Wildman–Crippen LogP) is 2.74. The Morgan fingerprint density at radius 2 is 2.21 bits per heavy atom. The molecule has 0 aliphatic heterocycles. The molecular formula is C12H17NO. The lowest BCUT2D eigenvalue weighted by Crippen LogP contribution is -2.38. The summed E-state index contributed by atoms with van der Waals surface area (Å²) in [5.74, 6) is 0.641. The van der Waals surface area contributed by atoms with Gasteiger partial charge in [0.15, 0.2) is 0 Å². The zero-order valence-electron chi connectivity index (χ0n) is 8.86. The Morgan fingerprint density at radius 3 is 2.64 bits per heavy atom. The molecule has 1 saturated carbocycles. The van der Waals surface area contributed by atoms with Gasteiger partial charge in [-0.05, 0) is 37.8 Å². The van der Waals surface area contributed by atoms with Crippen LogP contribution in [0.25, 0.3) is 0 Å². The van der Waals surface area contributed by atoms with Gasteiger partial charge >= 0.3 is 0 Å².